The van der Waals surface area contributed by atoms with Crippen molar-refractivity contribution in [2.45, 2.75) is 78.6 Å². The van der Waals surface area contributed by atoms with Crippen LogP contribution in [-0.4, -0.2) is 39.8 Å². The van der Waals surface area contributed by atoms with Gasteiger partial charge in [-0.25, -0.2) is 4.79 Å². The molecular weight excluding hydrogens is 516 g/mol. The highest BCUT2D eigenvalue weighted by Crippen LogP contribution is 2.46. The zero-order valence-corrected chi connectivity index (χ0v) is 24.6. The molecule has 0 aliphatic carbocycles. The van der Waals surface area contributed by atoms with Crippen LogP contribution in [0, 0.1) is 12.8 Å². The van der Waals surface area contributed by atoms with Crippen LogP contribution < -0.4 is 9.16 Å². The van der Waals surface area contributed by atoms with Crippen LogP contribution in [0.3, 0.4) is 0 Å². The van der Waals surface area contributed by atoms with E-state index in [1.807, 2.05) is 13.8 Å². The number of allylic oxidation sites excluding steroid dienone is 2. The summed E-state index contributed by atoms with van der Waals surface area (Å²) in [7, 11) is 0.800. The Kier molecular flexibility index (Phi) is 9.44. The molecule has 1 aromatic rings. The Morgan fingerprint density at radius 2 is 1.88 bits per heavy atom. The monoisotopic (exact) mass is 554 g/mol. The molecule has 8 heteroatoms. The molecule has 0 N–H and O–H groups in total. The van der Waals surface area contributed by atoms with E-state index >= 15 is 0 Å². The van der Waals surface area contributed by atoms with Crippen molar-refractivity contribution in [3.05, 3.63) is 33.9 Å². The van der Waals surface area contributed by atoms with Crippen molar-refractivity contribution in [1.29, 1.82) is 0 Å². The van der Waals surface area contributed by atoms with E-state index in [0.717, 1.165) is 33.3 Å². The molecule has 0 radical (unpaired) electrons. The Morgan fingerprint density at radius 3 is 2.41 bits per heavy atom. The summed E-state index contributed by atoms with van der Waals surface area (Å²) >= 11 is 3.43. The van der Waals surface area contributed by atoms with Gasteiger partial charge in [-0.1, -0.05) is 48.4 Å². The smallest absolute Gasteiger partial charge is 0.342 e. The fourth-order valence-electron chi connectivity index (χ4n) is 3.88. The van der Waals surface area contributed by atoms with E-state index in [-0.39, 0.29) is 29.5 Å². The normalized spacial score (nSPS) is 15.0. The van der Waals surface area contributed by atoms with Crippen LogP contribution in [0.1, 0.15) is 67.6 Å². The molecule has 1 aromatic carbocycles. The molecule has 2 rings (SSSR count). The number of hydrogen-bond donors (Lipinski definition) is 0. The van der Waals surface area contributed by atoms with Crippen molar-refractivity contribution in [2.24, 2.45) is 5.92 Å². The first-order valence-electron chi connectivity index (χ1n) is 11.7. The lowest BCUT2D eigenvalue weighted by Crippen LogP contribution is -2.44. The third-order valence-electron chi connectivity index (χ3n) is 7.00. The van der Waals surface area contributed by atoms with Gasteiger partial charge in [-0.15, -0.1) is 0 Å². The molecule has 0 aromatic heterocycles. The highest BCUT2D eigenvalue weighted by Gasteiger charge is 2.42. The Bertz CT molecular complexity index is 961. The zero-order chi connectivity index (χ0) is 25.8. The predicted molar refractivity (Wildman–Crippen MR) is 141 cm³/mol. The van der Waals surface area contributed by atoms with Crippen molar-refractivity contribution < 1.29 is 28.2 Å². The number of cyclic esters (lactones) is 1. The maximum absolute atomic E-state index is 12.8. The lowest BCUT2D eigenvalue weighted by atomic mass is 9.93. The maximum Gasteiger partial charge on any atom is 0.342 e. The van der Waals surface area contributed by atoms with Gasteiger partial charge in [0, 0.05) is 16.5 Å². The highest BCUT2D eigenvalue weighted by atomic mass is 79.9. The van der Waals surface area contributed by atoms with Crippen LogP contribution in [0.15, 0.2) is 11.6 Å². The molecule has 1 heterocycles. The Morgan fingerprint density at radius 1 is 1.24 bits per heavy atom. The molecule has 6 nitrogen and oxygen atoms in total. The van der Waals surface area contributed by atoms with E-state index < -0.39 is 8.32 Å². The van der Waals surface area contributed by atoms with Gasteiger partial charge in [0.15, 0.2) is 0 Å². The quantitative estimate of drug-likeness (QED) is 0.142. The summed E-state index contributed by atoms with van der Waals surface area (Å²) in [5, 5.41) is 0.678. The Hall–Kier alpha value is -1.80. The van der Waals surface area contributed by atoms with E-state index in [4.69, 9.17) is 18.6 Å². The number of benzene rings is 1. The Labute approximate surface area is 213 Å². The van der Waals surface area contributed by atoms with Gasteiger partial charge in [-0.2, -0.15) is 0 Å². The van der Waals surface area contributed by atoms with Crippen LogP contribution in [0.4, 0.5) is 0 Å². The number of halogens is 1. The number of fused-ring (bicyclic) bond motifs is 1. The molecule has 0 saturated carbocycles. The van der Waals surface area contributed by atoms with Crippen molar-refractivity contribution >= 4 is 36.2 Å². The molecule has 0 fully saturated rings. The third kappa shape index (κ3) is 6.06. The van der Waals surface area contributed by atoms with Gasteiger partial charge < -0.3 is 18.6 Å². The van der Waals surface area contributed by atoms with Crippen molar-refractivity contribution in [3.63, 3.8) is 0 Å². The molecule has 34 heavy (non-hydrogen) atoms. The second kappa shape index (κ2) is 11.3. The first kappa shape index (κ1) is 28.4. The average Bonchev–Trinajstić information content (AvgIpc) is 3.14. The van der Waals surface area contributed by atoms with E-state index in [0.29, 0.717) is 30.6 Å². The summed E-state index contributed by atoms with van der Waals surface area (Å²) < 4.78 is 23.0. The number of alkyl halides is 1. The molecule has 1 atom stereocenters. The standard InChI is InChI=1S/C26H39BrO6Si/c1-16(14-18(12-13-27)24(28)31-7)10-11-19-22(30-6)17(2)20-15-32-25(29)21(20)23(19)33-34(8,9)26(3,4)5/h10,18H,11-15H2,1-9H3. The lowest BCUT2D eigenvalue weighted by molar-refractivity contribution is -0.145. The van der Waals surface area contributed by atoms with E-state index in [1.165, 1.54) is 7.11 Å². The molecule has 190 valence electrons. The number of carbonyl (C=O) groups excluding carboxylic acids is 2. The van der Waals surface area contributed by atoms with Gasteiger partial charge in [0.2, 0.25) is 0 Å². The zero-order valence-electron chi connectivity index (χ0n) is 22.0. The lowest BCUT2D eigenvalue weighted by Gasteiger charge is -2.37. The van der Waals surface area contributed by atoms with Gasteiger partial charge in [0.25, 0.3) is 8.32 Å². The number of ether oxygens (including phenoxy) is 3. The molecule has 1 aliphatic rings. The first-order chi connectivity index (χ1) is 15.8. The summed E-state index contributed by atoms with van der Waals surface area (Å²) in [5.74, 6) is 0.546. The summed E-state index contributed by atoms with van der Waals surface area (Å²) in [4.78, 5) is 25.0. The van der Waals surface area contributed by atoms with Gasteiger partial charge in [0.05, 0.1) is 20.1 Å². The molecule has 1 aliphatic heterocycles. The predicted octanol–water partition coefficient (Wildman–Crippen LogP) is 6.51. The summed E-state index contributed by atoms with van der Waals surface area (Å²) in [5.41, 5.74) is 4.17. The fraction of sp³-hybridized carbons (Fsp3) is 0.615. The topological polar surface area (TPSA) is 71.1 Å². The number of hydrogen-bond acceptors (Lipinski definition) is 6. The summed E-state index contributed by atoms with van der Waals surface area (Å²) in [6.45, 7) is 15.0. The second-order valence-corrected chi connectivity index (χ2v) is 15.9. The summed E-state index contributed by atoms with van der Waals surface area (Å²) in [6, 6.07) is 0. The van der Waals surface area contributed by atoms with Crippen molar-refractivity contribution in [2.75, 3.05) is 19.5 Å². The largest absolute Gasteiger partial charge is 0.543 e. The van der Waals surface area contributed by atoms with Gasteiger partial charge in [-0.3, -0.25) is 4.79 Å². The van der Waals surface area contributed by atoms with E-state index in [9.17, 15) is 9.59 Å². The molecule has 0 bridgehead atoms. The van der Waals surface area contributed by atoms with Gasteiger partial charge in [0.1, 0.15) is 23.7 Å². The number of carbonyl (C=O) groups is 2. The Balaban J connectivity index is 2.57. The molecule has 0 saturated heterocycles. The first-order valence-corrected chi connectivity index (χ1v) is 15.7. The van der Waals surface area contributed by atoms with Crippen molar-refractivity contribution in [3.8, 4) is 11.5 Å². The van der Waals surface area contributed by atoms with E-state index in [2.05, 4.69) is 55.9 Å². The average molecular weight is 556 g/mol. The number of rotatable bonds is 10. The number of methoxy groups -OCH3 is 2. The van der Waals surface area contributed by atoms with Crippen molar-refractivity contribution in [1.82, 2.24) is 0 Å². The van der Waals surface area contributed by atoms with Crippen LogP contribution in [-0.2, 0) is 27.3 Å². The molecule has 1 unspecified atom stereocenters. The fourth-order valence-corrected chi connectivity index (χ4v) is 5.48. The minimum atomic E-state index is -2.27. The van der Waals surface area contributed by atoms with E-state index in [1.54, 1.807) is 7.11 Å². The van der Waals surface area contributed by atoms with Crippen LogP contribution in [0.25, 0.3) is 0 Å². The SMILES string of the molecule is COC(=O)C(CCBr)CC(C)=CCc1c(OC)c(C)c2c(c1O[Si](C)(C)C(C)(C)C)C(=O)OC2. The second-order valence-electron chi connectivity index (χ2n) is 10.4. The maximum atomic E-state index is 12.8. The molecular formula is C26H39BrO6Si. The highest BCUT2D eigenvalue weighted by molar-refractivity contribution is 9.09. The van der Waals surface area contributed by atoms with Gasteiger partial charge >= 0.3 is 11.9 Å². The van der Waals surface area contributed by atoms with Crippen LogP contribution in [0.5, 0.6) is 11.5 Å². The molecule has 0 spiro atoms. The minimum absolute atomic E-state index is 0.0487. The third-order valence-corrected chi connectivity index (χ3v) is 11.8. The summed E-state index contributed by atoms with van der Waals surface area (Å²) in [6.07, 6.45) is 3.91. The van der Waals surface area contributed by atoms with Crippen LogP contribution >= 0.6 is 15.9 Å². The number of esters is 2. The minimum Gasteiger partial charge on any atom is -0.543 e. The van der Waals surface area contributed by atoms with Crippen LogP contribution in [0.2, 0.25) is 18.1 Å². The van der Waals surface area contributed by atoms with Gasteiger partial charge in [-0.05, 0) is 56.8 Å². The molecule has 0 amide bonds.